The molecule has 1 fully saturated rings. The summed E-state index contributed by atoms with van der Waals surface area (Å²) in [4.78, 5) is 13.2. The Morgan fingerprint density at radius 3 is 2.06 bits per heavy atom. The van der Waals surface area contributed by atoms with Crippen molar-refractivity contribution in [3.63, 3.8) is 0 Å². The van der Waals surface area contributed by atoms with E-state index in [4.69, 9.17) is 14.0 Å². The average Bonchev–Trinajstić information content (AvgIpc) is 3.39. The number of nitrogens with one attached hydrogen (secondary N) is 1. The molecule has 0 atom stereocenters. The van der Waals surface area contributed by atoms with Gasteiger partial charge in [0.15, 0.2) is 0 Å². The molecule has 0 aliphatic carbocycles. The van der Waals surface area contributed by atoms with Crippen LogP contribution in [0.15, 0.2) is 21.2 Å². The minimum atomic E-state index is 0. The molecule has 31 heavy (non-hydrogen) atoms. The Balaban J connectivity index is 0.00000231. The van der Waals surface area contributed by atoms with Crippen LogP contribution in [0.2, 0.25) is 0 Å². The van der Waals surface area contributed by atoms with E-state index in [1.54, 1.807) is 0 Å². The molecule has 0 radical (unpaired) electrons. The van der Waals surface area contributed by atoms with E-state index in [1.807, 2.05) is 27.7 Å². The van der Waals surface area contributed by atoms with Gasteiger partial charge in [0.05, 0.1) is 22.4 Å². The predicted octanol–water partition coefficient (Wildman–Crippen LogP) is 4.49. The summed E-state index contributed by atoms with van der Waals surface area (Å²) in [5.74, 6) is 2.49. The van der Waals surface area contributed by atoms with Crippen LogP contribution in [0.3, 0.4) is 0 Å². The van der Waals surface area contributed by atoms with E-state index < -0.39 is 0 Å². The average molecular weight is 423 g/mol. The van der Waals surface area contributed by atoms with E-state index in [-0.39, 0.29) is 7.43 Å². The van der Waals surface area contributed by atoms with Crippen LogP contribution in [0.4, 0.5) is 5.95 Å². The number of piperazine rings is 1. The highest BCUT2D eigenvalue weighted by molar-refractivity contribution is 5.98. The Labute approximate surface area is 182 Å². The molecule has 8 nitrogen and oxygen atoms in total. The highest BCUT2D eigenvalue weighted by Crippen LogP contribution is 2.38. The fourth-order valence-corrected chi connectivity index (χ4v) is 4.37. The number of aromatic nitrogens is 4. The van der Waals surface area contributed by atoms with Gasteiger partial charge in [-0.05, 0) is 52.4 Å². The van der Waals surface area contributed by atoms with Gasteiger partial charge in [-0.1, -0.05) is 17.7 Å². The van der Waals surface area contributed by atoms with E-state index in [0.717, 1.165) is 88.3 Å². The number of H-pyrrole nitrogens is 1. The molecule has 3 aromatic heterocycles. The zero-order valence-corrected chi connectivity index (χ0v) is 18.0. The molecule has 8 heteroatoms. The van der Waals surface area contributed by atoms with Gasteiger partial charge >= 0.3 is 0 Å². The van der Waals surface area contributed by atoms with Crippen LogP contribution in [0.5, 0.6) is 0 Å². The summed E-state index contributed by atoms with van der Waals surface area (Å²) in [5.41, 5.74) is 7.69. The second-order valence-electron chi connectivity index (χ2n) is 8.17. The monoisotopic (exact) mass is 422 g/mol. The third-order valence-electron chi connectivity index (χ3n) is 6.00. The zero-order chi connectivity index (χ0) is 21.0. The molecule has 0 saturated carbocycles. The van der Waals surface area contributed by atoms with E-state index in [9.17, 15) is 0 Å². The lowest BCUT2D eigenvalue weighted by Crippen LogP contribution is -2.44. The minimum Gasteiger partial charge on any atom is -0.361 e. The maximum Gasteiger partial charge on any atom is 0.203 e. The Bertz CT molecular complexity index is 1190. The van der Waals surface area contributed by atoms with Gasteiger partial charge in [0.1, 0.15) is 11.5 Å². The molecule has 0 bridgehead atoms. The number of hydrogen-bond donors (Lipinski definition) is 1. The topological polar surface area (TPSA) is 87.2 Å². The van der Waals surface area contributed by atoms with Gasteiger partial charge in [-0.15, -0.1) is 0 Å². The number of rotatable bonds is 3. The fraction of sp³-hybridized carbons (Fsp3) is 0.435. The van der Waals surface area contributed by atoms with E-state index >= 15 is 0 Å². The van der Waals surface area contributed by atoms with Crippen LogP contribution in [-0.4, -0.2) is 58.4 Å². The van der Waals surface area contributed by atoms with Gasteiger partial charge in [0, 0.05) is 42.9 Å². The molecule has 1 aliphatic heterocycles. The molecular weight excluding hydrogens is 392 g/mol. The van der Waals surface area contributed by atoms with Crippen LogP contribution in [0, 0.1) is 27.7 Å². The first-order valence-corrected chi connectivity index (χ1v) is 10.3. The maximum atomic E-state index is 5.48. The van der Waals surface area contributed by atoms with Crippen LogP contribution in [-0.2, 0) is 0 Å². The maximum absolute atomic E-state index is 5.48. The highest BCUT2D eigenvalue weighted by atomic mass is 16.5. The van der Waals surface area contributed by atoms with Gasteiger partial charge in [0.25, 0.3) is 0 Å². The lowest BCUT2D eigenvalue weighted by Gasteiger charge is -2.32. The molecule has 4 heterocycles. The van der Waals surface area contributed by atoms with Crippen molar-refractivity contribution in [1.82, 2.24) is 25.2 Å². The standard InChI is InChI=1S/C22H26N6O2.CH4/c1-12-19(14(3)29-25-12)16-10-17(20-13(2)26-30-15(20)4)21-18(11-16)23-22(24-21)28-8-6-27(5)7-9-28;/h10-11H,6-9H2,1-5H3,(H,23,24);1H4. The third-order valence-corrected chi connectivity index (χ3v) is 6.00. The number of imidazole rings is 1. The molecule has 0 unspecified atom stereocenters. The lowest BCUT2D eigenvalue weighted by molar-refractivity contribution is 0.311. The molecule has 0 spiro atoms. The number of aryl methyl sites for hydroxylation is 4. The Kier molecular flexibility index (Phi) is 5.35. The first-order chi connectivity index (χ1) is 14.4. The van der Waals surface area contributed by atoms with Crippen LogP contribution >= 0.6 is 0 Å². The second kappa shape index (κ2) is 7.85. The van der Waals surface area contributed by atoms with Crippen molar-refractivity contribution in [1.29, 1.82) is 0 Å². The third kappa shape index (κ3) is 3.50. The minimum absolute atomic E-state index is 0. The summed E-state index contributed by atoms with van der Waals surface area (Å²) in [6.45, 7) is 11.8. The number of aromatic amines is 1. The Morgan fingerprint density at radius 2 is 1.48 bits per heavy atom. The van der Waals surface area contributed by atoms with Gasteiger partial charge in [-0.2, -0.15) is 0 Å². The normalized spacial score (nSPS) is 14.9. The molecule has 164 valence electrons. The molecule has 1 saturated heterocycles. The zero-order valence-electron chi connectivity index (χ0n) is 18.0. The van der Waals surface area contributed by atoms with Gasteiger partial charge in [-0.3, -0.25) is 0 Å². The van der Waals surface area contributed by atoms with Gasteiger partial charge < -0.3 is 23.8 Å². The number of fused-ring (bicyclic) bond motifs is 1. The molecule has 1 aliphatic rings. The summed E-state index contributed by atoms with van der Waals surface area (Å²) in [6, 6.07) is 4.28. The fourth-order valence-electron chi connectivity index (χ4n) is 4.37. The van der Waals surface area contributed by atoms with Crippen molar-refractivity contribution in [3.05, 3.63) is 35.0 Å². The van der Waals surface area contributed by atoms with E-state index in [1.165, 1.54) is 0 Å². The summed E-state index contributed by atoms with van der Waals surface area (Å²) in [6.07, 6.45) is 0. The first kappa shape index (κ1) is 21.1. The number of hydrogen-bond acceptors (Lipinski definition) is 7. The summed E-state index contributed by atoms with van der Waals surface area (Å²) in [5, 5.41) is 8.31. The summed E-state index contributed by atoms with van der Waals surface area (Å²) >= 11 is 0. The quantitative estimate of drug-likeness (QED) is 0.520. The van der Waals surface area contributed by atoms with Crippen molar-refractivity contribution >= 4 is 17.0 Å². The lowest BCUT2D eigenvalue weighted by atomic mass is 9.96. The van der Waals surface area contributed by atoms with Crippen LogP contribution in [0.25, 0.3) is 33.3 Å². The van der Waals surface area contributed by atoms with Gasteiger partial charge in [-0.25, -0.2) is 4.98 Å². The Hall–Kier alpha value is -3.13. The largest absolute Gasteiger partial charge is 0.361 e. The number of benzene rings is 1. The van der Waals surface area contributed by atoms with E-state index in [2.05, 4.69) is 44.3 Å². The number of nitrogens with zero attached hydrogens (tertiary/aromatic N) is 5. The summed E-state index contributed by atoms with van der Waals surface area (Å²) < 4.78 is 10.9. The second-order valence-corrected chi connectivity index (χ2v) is 8.17. The predicted molar refractivity (Wildman–Crippen MR) is 122 cm³/mol. The number of anilines is 1. The molecule has 4 aromatic rings. The SMILES string of the molecule is C.Cc1noc(C)c1-c1cc(-c2c(C)noc2C)c2nc(N3CCN(C)CC3)[nH]c2c1. The van der Waals surface area contributed by atoms with Crippen molar-refractivity contribution in [2.75, 3.05) is 38.1 Å². The van der Waals surface area contributed by atoms with Crippen molar-refractivity contribution < 1.29 is 9.05 Å². The molecule has 1 aromatic carbocycles. The first-order valence-electron chi connectivity index (χ1n) is 10.3. The van der Waals surface area contributed by atoms with Crippen LogP contribution in [0.1, 0.15) is 30.3 Å². The van der Waals surface area contributed by atoms with Crippen molar-refractivity contribution in [2.24, 2.45) is 0 Å². The van der Waals surface area contributed by atoms with Gasteiger partial charge in [0.2, 0.25) is 5.95 Å². The molecular formula is C23H30N6O2. The number of likely N-dealkylation sites (N-methyl/N-ethyl adjacent to an activating group) is 1. The van der Waals surface area contributed by atoms with Crippen molar-refractivity contribution in [3.8, 4) is 22.3 Å². The highest BCUT2D eigenvalue weighted by Gasteiger charge is 2.23. The molecule has 5 rings (SSSR count). The van der Waals surface area contributed by atoms with Crippen molar-refractivity contribution in [2.45, 2.75) is 35.1 Å². The Morgan fingerprint density at radius 1 is 0.871 bits per heavy atom. The van der Waals surface area contributed by atoms with E-state index in [0.29, 0.717) is 0 Å². The smallest absolute Gasteiger partial charge is 0.203 e. The summed E-state index contributed by atoms with van der Waals surface area (Å²) in [7, 11) is 2.15. The van der Waals surface area contributed by atoms with Crippen LogP contribution < -0.4 is 4.90 Å². The molecule has 0 amide bonds. The molecule has 1 N–H and O–H groups in total.